The average Bonchev–Trinajstić information content (AvgIpc) is 3.03. The van der Waals surface area contributed by atoms with Gasteiger partial charge < -0.3 is 10.5 Å². The Kier molecular flexibility index (Phi) is 4.05. The van der Waals surface area contributed by atoms with Crippen molar-refractivity contribution in [1.82, 2.24) is 0 Å². The van der Waals surface area contributed by atoms with E-state index in [-0.39, 0.29) is 10.6 Å². The summed E-state index contributed by atoms with van der Waals surface area (Å²) in [6.07, 6.45) is 2.30. The van der Waals surface area contributed by atoms with Crippen molar-refractivity contribution in [3.05, 3.63) is 83.9 Å². The molecule has 2 atom stereocenters. The summed E-state index contributed by atoms with van der Waals surface area (Å²) < 4.78 is 5.34. The molecular weight excluding hydrogens is 314 g/mol. The van der Waals surface area contributed by atoms with Crippen molar-refractivity contribution in [1.29, 1.82) is 0 Å². The van der Waals surface area contributed by atoms with E-state index >= 15 is 0 Å². The minimum Gasteiger partial charge on any atom is -0.497 e. The minimum absolute atomic E-state index is 0.0268. The lowest BCUT2D eigenvalue weighted by atomic mass is 9.99. The van der Waals surface area contributed by atoms with Crippen molar-refractivity contribution < 1.29 is 4.74 Å². The van der Waals surface area contributed by atoms with Gasteiger partial charge in [-0.1, -0.05) is 60.7 Å². The molecule has 1 aliphatic rings. The zero-order chi connectivity index (χ0) is 16.5. The van der Waals surface area contributed by atoms with Crippen LogP contribution in [0.15, 0.2) is 72.8 Å². The number of hydrogen-bond donors (Lipinski definition) is 1. The number of benzene rings is 3. The Hall–Kier alpha value is -2.23. The van der Waals surface area contributed by atoms with E-state index in [1.54, 1.807) is 18.9 Å². The lowest BCUT2D eigenvalue weighted by molar-refractivity contribution is 0.414. The van der Waals surface area contributed by atoms with Crippen LogP contribution < -0.4 is 10.5 Å². The van der Waals surface area contributed by atoms with E-state index in [1.807, 2.05) is 12.1 Å². The zero-order valence-corrected chi connectivity index (χ0v) is 14.3. The highest BCUT2D eigenvalue weighted by Gasteiger charge is 2.27. The molecule has 4 rings (SSSR count). The smallest absolute Gasteiger partial charge is 0.119 e. The van der Waals surface area contributed by atoms with E-state index < -0.39 is 0 Å². The highest BCUT2D eigenvalue weighted by molar-refractivity contribution is 8.01. The Morgan fingerprint density at radius 2 is 1.75 bits per heavy atom. The van der Waals surface area contributed by atoms with Crippen LogP contribution in [0.3, 0.4) is 0 Å². The van der Waals surface area contributed by atoms with Gasteiger partial charge in [0.25, 0.3) is 0 Å². The standard InChI is InChI=1S/C21H19NOS/c1-23-16-9-4-8-15(12-16)19-13-20(24-21(19)22)18-11-5-7-14-6-2-3-10-17(14)18/h2-13,20-21H,22H2,1H3. The van der Waals surface area contributed by atoms with E-state index in [2.05, 4.69) is 60.7 Å². The van der Waals surface area contributed by atoms with Crippen LogP contribution in [0, 0.1) is 0 Å². The molecular formula is C21H19NOS. The Bertz CT molecular complexity index is 913. The topological polar surface area (TPSA) is 35.2 Å². The van der Waals surface area contributed by atoms with Crippen LogP contribution in [0.1, 0.15) is 16.4 Å². The molecule has 3 aromatic carbocycles. The fraction of sp³-hybridized carbons (Fsp3) is 0.143. The van der Waals surface area contributed by atoms with Crippen LogP contribution in [-0.2, 0) is 0 Å². The third-order valence-electron chi connectivity index (χ3n) is 4.46. The number of ether oxygens (including phenoxy) is 1. The molecule has 0 spiro atoms. The molecule has 0 radical (unpaired) electrons. The summed E-state index contributed by atoms with van der Waals surface area (Å²) >= 11 is 1.79. The SMILES string of the molecule is COc1cccc(C2=CC(c3cccc4ccccc34)SC2N)c1. The first-order valence-corrected chi connectivity index (χ1v) is 8.95. The van der Waals surface area contributed by atoms with Crippen LogP contribution in [0.25, 0.3) is 16.3 Å². The van der Waals surface area contributed by atoms with Crippen LogP contribution >= 0.6 is 11.8 Å². The molecule has 120 valence electrons. The monoisotopic (exact) mass is 333 g/mol. The molecule has 2 N–H and O–H groups in total. The van der Waals surface area contributed by atoms with Gasteiger partial charge in [0.15, 0.2) is 0 Å². The summed E-state index contributed by atoms with van der Waals surface area (Å²) in [5, 5.41) is 2.81. The minimum atomic E-state index is -0.0268. The van der Waals surface area contributed by atoms with Crippen LogP contribution in [-0.4, -0.2) is 12.5 Å². The lowest BCUT2D eigenvalue weighted by Crippen LogP contribution is -2.14. The van der Waals surface area contributed by atoms with Crippen molar-refractivity contribution >= 4 is 28.1 Å². The number of hydrogen-bond acceptors (Lipinski definition) is 3. The predicted molar refractivity (Wildman–Crippen MR) is 103 cm³/mol. The number of fused-ring (bicyclic) bond motifs is 1. The molecule has 0 fully saturated rings. The number of nitrogens with two attached hydrogens (primary N) is 1. The first-order valence-electron chi connectivity index (χ1n) is 8.01. The van der Waals surface area contributed by atoms with Crippen molar-refractivity contribution in [2.75, 3.05) is 7.11 Å². The summed E-state index contributed by atoms with van der Waals surface area (Å²) in [4.78, 5) is 0. The molecule has 0 aromatic heterocycles. The molecule has 0 saturated carbocycles. The Morgan fingerprint density at radius 1 is 0.958 bits per heavy atom. The molecule has 0 aliphatic carbocycles. The molecule has 0 saturated heterocycles. The second kappa shape index (κ2) is 6.34. The van der Waals surface area contributed by atoms with Gasteiger partial charge in [0.2, 0.25) is 0 Å². The zero-order valence-electron chi connectivity index (χ0n) is 13.5. The second-order valence-corrected chi connectivity index (χ2v) is 7.19. The molecule has 2 unspecified atom stereocenters. The fourth-order valence-electron chi connectivity index (χ4n) is 3.25. The molecule has 0 amide bonds. The molecule has 3 heteroatoms. The summed E-state index contributed by atoms with van der Waals surface area (Å²) in [6, 6.07) is 23.1. The highest BCUT2D eigenvalue weighted by atomic mass is 32.2. The van der Waals surface area contributed by atoms with E-state index in [0.717, 1.165) is 11.3 Å². The summed E-state index contributed by atoms with van der Waals surface area (Å²) in [5.41, 5.74) is 10.1. The third-order valence-corrected chi connectivity index (χ3v) is 5.69. The van der Waals surface area contributed by atoms with Gasteiger partial charge in [-0.05, 0) is 39.6 Å². The van der Waals surface area contributed by atoms with Crippen molar-refractivity contribution in [3.8, 4) is 5.75 Å². The van der Waals surface area contributed by atoms with E-state index in [1.165, 1.54) is 21.9 Å². The largest absolute Gasteiger partial charge is 0.497 e. The van der Waals surface area contributed by atoms with Crippen molar-refractivity contribution in [2.24, 2.45) is 5.73 Å². The van der Waals surface area contributed by atoms with Crippen LogP contribution in [0.5, 0.6) is 5.75 Å². The van der Waals surface area contributed by atoms with E-state index in [9.17, 15) is 0 Å². The molecule has 1 aliphatic heterocycles. The maximum absolute atomic E-state index is 6.43. The molecule has 3 aromatic rings. The van der Waals surface area contributed by atoms with Crippen LogP contribution in [0.2, 0.25) is 0 Å². The maximum atomic E-state index is 6.43. The Balaban J connectivity index is 1.76. The van der Waals surface area contributed by atoms with Crippen LogP contribution in [0.4, 0.5) is 0 Å². The van der Waals surface area contributed by atoms with E-state index in [0.29, 0.717) is 0 Å². The lowest BCUT2D eigenvalue weighted by Gasteiger charge is -2.13. The molecule has 0 bridgehead atoms. The van der Waals surface area contributed by atoms with Gasteiger partial charge in [-0.3, -0.25) is 0 Å². The van der Waals surface area contributed by atoms with Gasteiger partial charge in [-0.25, -0.2) is 0 Å². The number of thioether (sulfide) groups is 1. The predicted octanol–water partition coefficient (Wildman–Crippen LogP) is 5.00. The van der Waals surface area contributed by atoms with Gasteiger partial charge in [0.1, 0.15) is 5.75 Å². The summed E-state index contributed by atoms with van der Waals surface area (Å²) in [5.74, 6) is 0.860. The maximum Gasteiger partial charge on any atom is 0.119 e. The Labute approximate surface area is 146 Å². The average molecular weight is 333 g/mol. The normalized spacial score (nSPS) is 20.2. The molecule has 1 heterocycles. The van der Waals surface area contributed by atoms with Crippen molar-refractivity contribution in [2.45, 2.75) is 10.6 Å². The van der Waals surface area contributed by atoms with Gasteiger partial charge in [0.05, 0.1) is 17.7 Å². The number of methoxy groups -OCH3 is 1. The van der Waals surface area contributed by atoms with Gasteiger partial charge >= 0.3 is 0 Å². The van der Waals surface area contributed by atoms with Gasteiger partial charge in [0, 0.05) is 0 Å². The highest BCUT2D eigenvalue weighted by Crippen LogP contribution is 2.46. The number of rotatable bonds is 3. The summed E-state index contributed by atoms with van der Waals surface area (Å²) in [6.45, 7) is 0. The quantitative estimate of drug-likeness (QED) is 0.732. The van der Waals surface area contributed by atoms with Crippen molar-refractivity contribution in [3.63, 3.8) is 0 Å². The third kappa shape index (κ3) is 2.70. The fourth-order valence-corrected chi connectivity index (χ4v) is 4.51. The van der Waals surface area contributed by atoms with Gasteiger partial charge in [-0.2, -0.15) is 0 Å². The molecule has 2 nitrogen and oxygen atoms in total. The first kappa shape index (κ1) is 15.3. The second-order valence-electron chi connectivity index (χ2n) is 5.90. The van der Waals surface area contributed by atoms with Gasteiger partial charge in [-0.15, -0.1) is 11.8 Å². The summed E-state index contributed by atoms with van der Waals surface area (Å²) in [7, 11) is 1.69. The Morgan fingerprint density at radius 3 is 2.62 bits per heavy atom. The van der Waals surface area contributed by atoms with E-state index in [4.69, 9.17) is 10.5 Å². The molecule has 24 heavy (non-hydrogen) atoms. The first-order chi connectivity index (χ1) is 11.8.